The van der Waals surface area contributed by atoms with Crippen molar-refractivity contribution >= 4 is 11.5 Å². The Balaban J connectivity index is 1.98. The summed E-state index contributed by atoms with van der Waals surface area (Å²) in [7, 11) is 0. The van der Waals surface area contributed by atoms with Crippen molar-refractivity contribution in [1.82, 2.24) is 9.59 Å². The molecule has 2 aromatic rings. The van der Waals surface area contributed by atoms with Crippen LogP contribution < -0.4 is 4.74 Å². The average molecular weight is 208 g/mol. The van der Waals surface area contributed by atoms with Gasteiger partial charge in [-0.2, -0.15) is 0 Å². The van der Waals surface area contributed by atoms with Gasteiger partial charge in [0.15, 0.2) is 0 Å². The van der Waals surface area contributed by atoms with Crippen LogP contribution in [0.5, 0.6) is 11.5 Å². The van der Waals surface area contributed by atoms with Gasteiger partial charge in [0, 0.05) is 6.07 Å². The number of phenols is 1. The summed E-state index contributed by atoms with van der Waals surface area (Å²) in [4.78, 5) is 0.952. The summed E-state index contributed by atoms with van der Waals surface area (Å²) in [5, 5.41) is 12.9. The fraction of sp³-hybridized carbons (Fsp3) is 0.111. The smallest absolute Gasteiger partial charge is 0.126 e. The molecule has 2 rings (SSSR count). The van der Waals surface area contributed by atoms with Crippen LogP contribution in [0.3, 0.4) is 0 Å². The van der Waals surface area contributed by atoms with Gasteiger partial charge in [-0.3, -0.25) is 0 Å². The topological polar surface area (TPSA) is 55.2 Å². The Bertz CT molecular complexity index is 403. The molecule has 14 heavy (non-hydrogen) atoms. The maximum Gasteiger partial charge on any atom is 0.126 e. The summed E-state index contributed by atoms with van der Waals surface area (Å²) in [6.07, 6.45) is 1.66. The maximum atomic E-state index is 9.17. The van der Waals surface area contributed by atoms with E-state index in [0.29, 0.717) is 12.4 Å². The highest BCUT2D eigenvalue weighted by molar-refractivity contribution is 7.05. The number of aromatic nitrogens is 2. The molecule has 0 aliphatic rings. The van der Waals surface area contributed by atoms with Crippen LogP contribution in [-0.4, -0.2) is 14.7 Å². The quantitative estimate of drug-likeness (QED) is 0.836. The van der Waals surface area contributed by atoms with Crippen molar-refractivity contribution in [3.63, 3.8) is 0 Å². The van der Waals surface area contributed by atoms with E-state index >= 15 is 0 Å². The van der Waals surface area contributed by atoms with E-state index in [4.69, 9.17) is 9.84 Å². The predicted molar refractivity (Wildman–Crippen MR) is 52.3 cm³/mol. The number of hydrogen-bond donors (Lipinski definition) is 1. The Morgan fingerprint density at radius 1 is 1.43 bits per heavy atom. The molecule has 0 atom stereocenters. The number of rotatable bonds is 3. The number of ether oxygens (including phenoxy) is 1. The van der Waals surface area contributed by atoms with E-state index in [1.54, 1.807) is 30.5 Å². The van der Waals surface area contributed by atoms with Gasteiger partial charge < -0.3 is 9.84 Å². The molecule has 0 saturated heterocycles. The number of phenolic OH excluding ortho intramolecular Hbond substituents is 1. The van der Waals surface area contributed by atoms with Gasteiger partial charge in [0.2, 0.25) is 0 Å². The zero-order valence-corrected chi connectivity index (χ0v) is 8.07. The van der Waals surface area contributed by atoms with Crippen LogP contribution in [0, 0.1) is 0 Å². The van der Waals surface area contributed by atoms with Crippen LogP contribution in [0.1, 0.15) is 4.88 Å². The van der Waals surface area contributed by atoms with E-state index in [9.17, 15) is 0 Å². The van der Waals surface area contributed by atoms with Gasteiger partial charge in [-0.25, -0.2) is 0 Å². The molecule has 4 nitrogen and oxygen atoms in total. The highest BCUT2D eigenvalue weighted by atomic mass is 32.1. The molecular weight excluding hydrogens is 200 g/mol. The molecule has 72 valence electrons. The molecule has 0 fully saturated rings. The highest BCUT2D eigenvalue weighted by Gasteiger charge is 1.98. The molecule has 0 unspecified atom stereocenters. The molecule has 1 heterocycles. The van der Waals surface area contributed by atoms with Gasteiger partial charge in [-0.05, 0) is 23.7 Å². The third-order valence-electron chi connectivity index (χ3n) is 1.61. The van der Waals surface area contributed by atoms with Crippen molar-refractivity contribution in [2.24, 2.45) is 0 Å². The third kappa shape index (κ3) is 2.20. The summed E-state index contributed by atoms with van der Waals surface area (Å²) in [5.74, 6) is 0.836. The van der Waals surface area contributed by atoms with Crippen LogP contribution in [0.25, 0.3) is 0 Å². The summed E-state index contributed by atoms with van der Waals surface area (Å²) in [5.41, 5.74) is 0. The lowest BCUT2D eigenvalue weighted by Crippen LogP contribution is -1.92. The van der Waals surface area contributed by atoms with E-state index in [-0.39, 0.29) is 5.75 Å². The summed E-state index contributed by atoms with van der Waals surface area (Å²) in [6, 6.07) is 6.68. The lowest BCUT2D eigenvalue weighted by molar-refractivity contribution is 0.307. The molecule has 0 aliphatic carbocycles. The monoisotopic (exact) mass is 208 g/mol. The van der Waals surface area contributed by atoms with Crippen LogP contribution in [-0.2, 0) is 6.61 Å². The van der Waals surface area contributed by atoms with Crippen LogP contribution >= 0.6 is 11.5 Å². The van der Waals surface area contributed by atoms with Crippen molar-refractivity contribution in [2.45, 2.75) is 6.61 Å². The van der Waals surface area contributed by atoms with Gasteiger partial charge >= 0.3 is 0 Å². The van der Waals surface area contributed by atoms with Crippen molar-refractivity contribution in [1.29, 1.82) is 0 Å². The molecular formula is C9H8N2O2S. The predicted octanol–water partition coefficient (Wildman–Crippen LogP) is 1.82. The van der Waals surface area contributed by atoms with Crippen molar-refractivity contribution in [3.8, 4) is 11.5 Å². The lowest BCUT2D eigenvalue weighted by Gasteiger charge is -2.03. The molecule has 0 bridgehead atoms. The molecule has 0 amide bonds. The summed E-state index contributed by atoms with van der Waals surface area (Å²) < 4.78 is 9.12. The Labute approximate surface area is 85.0 Å². The fourth-order valence-corrected chi connectivity index (χ4v) is 1.38. The fourth-order valence-electron chi connectivity index (χ4n) is 0.979. The maximum absolute atomic E-state index is 9.17. The second-order valence-electron chi connectivity index (χ2n) is 2.67. The van der Waals surface area contributed by atoms with Gasteiger partial charge in [0.05, 0.1) is 11.1 Å². The Hall–Kier alpha value is -1.62. The number of nitrogens with zero attached hydrogens (tertiary/aromatic N) is 2. The number of hydrogen-bond acceptors (Lipinski definition) is 5. The molecule has 5 heteroatoms. The van der Waals surface area contributed by atoms with E-state index in [1.165, 1.54) is 11.5 Å². The first-order chi connectivity index (χ1) is 6.84. The van der Waals surface area contributed by atoms with Gasteiger partial charge in [0.1, 0.15) is 18.1 Å². The van der Waals surface area contributed by atoms with Gasteiger partial charge in [-0.1, -0.05) is 10.6 Å². The second-order valence-corrected chi connectivity index (χ2v) is 3.54. The van der Waals surface area contributed by atoms with Crippen LogP contribution in [0.2, 0.25) is 0 Å². The summed E-state index contributed by atoms with van der Waals surface area (Å²) >= 11 is 1.30. The molecule has 0 saturated carbocycles. The summed E-state index contributed by atoms with van der Waals surface area (Å²) in [6.45, 7) is 0.432. The standard InChI is InChI=1S/C9H8N2O2S/c12-7-2-1-3-8(4-7)13-6-9-5-10-11-14-9/h1-5,12H,6H2. The molecule has 1 aromatic carbocycles. The normalized spacial score (nSPS) is 10.0. The molecule has 0 aliphatic heterocycles. The zero-order valence-electron chi connectivity index (χ0n) is 7.25. The molecule has 0 spiro atoms. The minimum Gasteiger partial charge on any atom is -0.508 e. The first-order valence-corrected chi connectivity index (χ1v) is 4.80. The largest absolute Gasteiger partial charge is 0.508 e. The Morgan fingerprint density at radius 3 is 3.07 bits per heavy atom. The minimum absolute atomic E-state index is 0.199. The highest BCUT2D eigenvalue weighted by Crippen LogP contribution is 2.19. The average Bonchev–Trinajstić information content (AvgIpc) is 2.67. The van der Waals surface area contributed by atoms with Gasteiger partial charge in [0.25, 0.3) is 0 Å². The van der Waals surface area contributed by atoms with Crippen LogP contribution in [0.4, 0.5) is 0 Å². The first-order valence-electron chi connectivity index (χ1n) is 4.02. The lowest BCUT2D eigenvalue weighted by atomic mass is 10.3. The van der Waals surface area contributed by atoms with Gasteiger partial charge in [-0.15, -0.1) is 5.10 Å². The van der Waals surface area contributed by atoms with E-state index in [1.807, 2.05) is 0 Å². The van der Waals surface area contributed by atoms with Crippen molar-refractivity contribution in [3.05, 3.63) is 35.3 Å². The third-order valence-corrected chi connectivity index (χ3v) is 2.24. The van der Waals surface area contributed by atoms with E-state index < -0.39 is 0 Å². The zero-order chi connectivity index (χ0) is 9.80. The molecule has 0 radical (unpaired) electrons. The van der Waals surface area contributed by atoms with Crippen LogP contribution in [0.15, 0.2) is 30.5 Å². The van der Waals surface area contributed by atoms with Crippen molar-refractivity contribution < 1.29 is 9.84 Å². The van der Waals surface area contributed by atoms with E-state index in [2.05, 4.69) is 9.59 Å². The Kier molecular flexibility index (Phi) is 2.60. The van der Waals surface area contributed by atoms with Crippen molar-refractivity contribution in [2.75, 3.05) is 0 Å². The number of aromatic hydroxyl groups is 1. The first kappa shape index (κ1) is 8.96. The SMILES string of the molecule is Oc1cccc(OCc2cnns2)c1. The Morgan fingerprint density at radius 2 is 2.36 bits per heavy atom. The minimum atomic E-state index is 0.199. The molecule has 1 aromatic heterocycles. The second kappa shape index (κ2) is 4.06. The van der Waals surface area contributed by atoms with E-state index in [0.717, 1.165) is 4.88 Å². The number of benzene rings is 1. The molecule has 1 N–H and O–H groups in total.